The van der Waals surface area contributed by atoms with Gasteiger partial charge >= 0.3 is 5.97 Å². The zero-order valence-electron chi connectivity index (χ0n) is 24.2. The molecular formula is C31H40O10. The molecule has 224 valence electrons. The highest BCUT2D eigenvalue weighted by Gasteiger charge is 2.85. The molecule has 2 saturated carbocycles. The number of carbonyl (C=O) groups is 1. The maximum Gasteiger partial charge on any atom is 0.303 e. The van der Waals surface area contributed by atoms with Crippen LogP contribution in [0.25, 0.3) is 0 Å². The molecule has 13 atom stereocenters. The van der Waals surface area contributed by atoms with Gasteiger partial charge in [-0.1, -0.05) is 49.9 Å². The summed E-state index contributed by atoms with van der Waals surface area (Å²) in [4.78, 5) is 12.3. The number of rotatable bonds is 5. The summed E-state index contributed by atoms with van der Waals surface area (Å²) in [6, 6.07) is 9.63. The molecule has 3 aliphatic carbocycles. The van der Waals surface area contributed by atoms with Crippen LogP contribution in [0.2, 0.25) is 0 Å². The number of esters is 1. The minimum Gasteiger partial charge on any atom is -0.456 e. The Bertz CT molecular complexity index is 1290. The number of ether oxygens (including phenoxy) is 5. The van der Waals surface area contributed by atoms with Gasteiger partial charge in [0.15, 0.2) is 6.10 Å². The molecule has 5 aliphatic rings. The number of aliphatic hydroxyl groups excluding tert-OH is 2. The van der Waals surface area contributed by atoms with E-state index in [1.165, 1.54) is 6.92 Å². The normalized spacial score (nSPS) is 51.4. The van der Waals surface area contributed by atoms with Crippen molar-refractivity contribution in [3.05, 3.63) is 59.7 Å². The molecule has 6 rings (SSSR count). The standard InChI is InChI=1S/C31H40O10/c1-15(2)30-24(37-14-19-11-9-8-10-12-19)17(4)31-20-13-16(3)22(33)29(20,36)26(38-18(5)32)27(6,35)23(34)21(31)25(30)39-28(7,40-30)41-31/h8-13,17,20-26,33-36H,1,14H2,2-7H3/t17-,20-,21+,22+,23+,24+,25-,26-,27-,28?,29-,30+,31+/m1/s1. The molecule has 10 heteroatoms. The van der Waals surface area contributed by atoms with E-state index in [0.29, 0.717) is 11.1 Å². The maximum atomic E-state index is 12.5. The Morgan fingerprint density at radius 3 is 2.37 bits per heavy atom. The fourth-order valence-electron chi connectivity index (χ4n) is 8.70. The summed E-state index contributed by atoms with van der Waals surface area (Å²) in [7, 11) is 0. The molecule has 2 saturated heterocycles. The van der Waals surface area contributed by atoms with E-state index in [9.17, 15) is 25.2 Å². The molecule has 1 aromatic carbocycles. The summed E-state index contributed by atoms with van der Waals surface area (Å²) in [6.45, 7) is 13.9. The molecule has 4 N–H and O–H groups in total. The molecule has 1 aromatic rings. The van der Waals surface area contributed by atoms with E-state index in [1.807, 2.05) is 37.3 Å². The highest BCUT2D eigenvalue weighted by Crippen LogP contribution is 2.70. The molecule has 41 heavy (non-hydrogen) atoms. The van der Waals surface area contributed by atoms with Crippen LogP contribution in [-0.4, -0.2) is 85.3 Å². The van der Waals surface area contributed by atoms with E-state index in [0.717, 1.165) is 12.5 Å². The molecule has 10 nitrogen and oxygen atoms in total. The first kappa shape index (κ1) is 28.9. The Labute approximate surface area is 239 Å². The lowest BCUT2D eigenvalue weighted by Gasteiger charge is -2.62. The number of aliphatic hydroxyl groups is 4. The Morgan fingerprint density at radius 2 is 1.76 bits per heavy atom. The number of hydrogen-bond donors (Lipinski definition) is 4. The monoisotopic (exact) mass is 572 g/mol. The van der Waals surface area contributed by atoms with Crippen LogP contribution in [0.15, 0.2) is 54.1 Å². The molecular weight excluding hydrogens is 532 g/mol. The van der Waals surface area contributed by atoms with E-state index < -0.39 is 82.6 Å². The average Bonchev–Trinajstić information content (AvgIpc) is 3.26. The molecule has 3 bridgehead atoms. The van der Waals surface area contributed by atoms with Gasteiger partial charge in [-0.05, 0) is 37.5 Å². The van der Waals surface area contributed by atoms with Crippen LogP contribution in [0.5, 0.6) is 0 Å². The van der Waals surface area contributed by atoms with Gasteiger partial charge in [0.2, 0.25) is 0 Å². The molecule has 0 aromatic heterocycles. The third kappa shape index (κ3) is 3.50. The van der Waals surface area contributed by atoms with Crippen molar-refractivity contribution in [1.82, 2.24) is 0 Å². The van der Waals surface area contributed by atoms with Crippen LogP contribution >= 0.6 is 0 Å². The van der Waals surface area contributed by atoms with Gasteiger partial charge in [-0.15, -0.1) is 0 Å². The summed E-state index contributed by atoms with van der Waals surface area (Å²) >= 11 is 0. The zero-order chi connectivity index (χ0) is 29.9. The third-order valence-corrected chi connectivity index (χ3v) is 10.3. The van der Waals surface area contributed by atoms with Crippen molar-refractivity contribution in [2.75, 3.05) is 0 Å². The smallest absolute Gasteiger partial charge is 0.303 e. The second-order valence-electron chi connectivity index (χ2n) is 12.9. The molecule has 4 fully saturated rings. The van der Waals surface area contributed by atoms with Crippen molar-refractivity contribution in [3.63, 3.8) is 0 Å². The number of fused-ring (bicyclic) bond motifs is 2. The first-order valence-corrected chi connectivity index (χ1v) is 14.1. The predicted octanol–water partition coefficient (Wildman–Crippen LogP) is 1.74. The molecule has 2 aliphatic heterocycles. The van der Waals surface area contributed by atoms with E-state index in [2.05, 4.69) is 6.58 Å². The fourth-order valence-corrected chi connectivity index (χ4v) is 8.70. The lowest BCUT2D eigenvalue weighted by atomic mass is 9.52. The number of hydrogen-bond acceptors (Lipinski definition) is 10. The third-order valence-electron chi connectivity index (χ3n) is 10.3. The quantitative estimate of drug-likeness (QED) is 0.304. The average molecular weight is 573 g/mol. The first-order chi connectivity index (χ1) is 19.1. The summed E-state index contributed by atoms with van der Waals surface area (Å²) < 4.78 is 32.1. The largest absolute Gasteiger partial charge is 0.456 e. The van der Waals surface area contributed by atoms with Crippen LogP contribution in [0.3, 0.4) is 0 Å². The Hall–Kier alpha value is -2.15. The van der Waals surface area contributed by atoms with E-state index >= 15 is 0 Å². The Balaban J connectivity index is 1.60. The van der Waals surface area contributed by atoms with Crippen molar-refractivity contribution in [2.24, 2.45) is 17.8 Å². The second kappa shape index (κ2) is 8.93. The van der Waals surface area contributed by atoms with Crippen molar-refractivity contribution in [1.29, 1.82) is 0 Å². The summed E-state index contributed by atoms with van der Waals surface area (Å²) in [5.74, 6) is -5.15. The molecule has 0 radical (unpaired) electrons. The van der Waals surface area contributed by atoms with Crippen LogP contribution < -0.4 is 0 Å². The highest BCUT2D eigenvalue weighted by atomic mass is 16.9. The van der Waals surface area contributed by atoms with Gasteiger partial charge in [0.05, 0.1) is 24.4 Å². The molecule has 0 amide bonds. The Morgan fingerprint density at radius 1 is 1.10 bits per heavy atom. The van der Waals surface area contributed by atoms with Gasteiger partial charge in [0.25, 0.3) is 5.97 Å². The minimum absolute atomic E-state index is 0.223. The fraction of sp³-hybridized carbons (Fsp3) is 0.645. The van der Waals surface area contributed by atoms with Crippen molar-refractivity contribution < 1.29 is 48.9 Å². The topological polar surface area (TPSA) is 144 Å². The lowest BCUT2D eigenvalue weighted by molar-refractivity contribution is -0.427. The second-order valence-corrected chi connectivity index (χ2v) is 12.9. The number of benzene rings is 1. The maximum absolute atomic E-state index is 12.5. The summed E-state index contributed by atoms with van der Waals surface area (Å²) in [5.41, 5.74) is -5.42. The Kier molecular flexibility index (Phi) is 6.31. The van der Waals surface area contributed by atoms with Gasteiger partial charge in [-0.2, -0.15) is 0 Å². The number of carbonyl (C=O) groups excluding carboxylic acids is 1. The van der Waals surface area contributed by atoms with Gasteiger partial charge in [0.1, 0.15) is 29.0 Å². The molecule has 2 heterocycles. The van der Waals surface area contributed by atoms with Crippen LogP contribution in [0.1, 0.15) is 47.1 Å². The van der Waals surface area contributed by atoms with E-state index in [4.69, 9.17) is 23.7 Å². The van der Waals surface area contributed by atoms with Gasteiger partial charge in [-0.3, -0.25) is 4.79 Å². The minimum atomic E-state index is -2.27. The van der Waals surface area contributed by atoms with Crippen LogP contribution in [-0.2, 0) is 35.1 Å². The SMILES string of the molecule is C=C(C)[C@@]12OC3(C)O[C@@H]1[C@@H]1[C@H](O)[C@@](C)(O)[C@@H](OC(C)=O)[C@@]4(O)[C@@H](C=C(C)[C@@H]4O)[C@@]1(O3)[C@H](C)[C@@H]2OCc1ccccc1. The molecule has 0 spiro atoms. The van der Waals surface area contributed by atoms with Crippen molar-refractivity contribution in [3.8, 4) is 0 Å². The highest BCUT2D eigenvalue weighted by molar-refractivity contribution is 5.66. The van der Waals surface area contributed by atoms with Crippen LogP contribution in [0, 0.1) is 17.8 Å². The first-order valence-electron chi connectivity index (χ1n) is 14.1. The van der Waals surface area contributed by atoms with Crippen molar-refractivity contribution in [2.45, 2.75) is 107 Å². The van der Waals surface area contributed by atoms with Crippen molar-refractivity contribution >= 4 is 5.97 Å². The van der Waals surface area contributed by atoms with Gasteiger partial charge in [0, 0.05) is 31.6 Å². The summed E-state index contributed by atoms with van der Waals surface area (Å²) in [6.07, 6.45) is -4.91. The van der Waals surface area contributed by atoms with Crippen LogP contribution in [0.4, 0.5) is 0 Å². The molecule has 1 unspecified atom stereocenters. The lowest BCUT2D eigenvalue weighted by Crippen LogP contribution is -2.77. The van der Waals surface area contributed by atoms with E-state index in [-0.39, 0.29) is 6.61 Å². The van der Waals surface area contributed by atoms with E-state index in [1.54, 1.807) is 26.8 Å². The van der Waals surface area contributed by atoms with Gasteiger partial charge < -0.3 is 44.1 Å². The zero-order valence-corrected chi connectivity index (χ0v) is 24.2. The predicted molar refractivity (Wildman–Crippen MR) is 144 cm³/mol. The van der Waals surface area contributed by atoms with Gasteiger partial charge in [-0.25, -0.2) is 0 Å². The summed E-state index contributed by atoms with van der Waals surface area (Å²) in [5, 5.41) is 48.1.